The lowest BCUT2D eigenvalue weighted by molar-refractivity contribution is -0.112. The van der Waals surface area contributed by atoms with Gasteiger partial charge in [-0.2, -0.15) is 5.26 Å². The summed E-state index contributed by atoms with van der Waals surface area (Å²) < 4.78 is 11.3. The van der Waals surface area contributed by atoms with Crippen LogP contribution in [0.4, 0.5) is 5.69 Å². The molecule has 0 unspecified atom stereocenters. The van der Waals surface area contributed by atoms with E-state index in [1.807, 2.05) is 38.1 Å². The zero-order chi connectivity index (χ0) is 18.8. The van der Waals surface area contributed by atoms with Gasteiger partial charge in [0.2, 0.25) is 0 Å². The third-order valence-electron chi connectivity index (χ3n) is 3.44. The quantitative estimate of drug-likeness (QED) is 0.565. The Hall–Kier alpha value is -3.26. The lowest BCUT2D eigenvalue weighted by atomic mass is 10.1. The van der Waals surface area contributed by atoms with Crippen molar-refractivity contribution in [1.29, 1.82) is 5.26 Å². The Morgan fingerprint density at radius 1 is 1.12 bits per heavy atom. The highest BCUT2D eigenvalue weighted by Gasteiger charge is 2.11. The number of nitriles is 1. The number of amides is 1. The molecule has 0 saturated heterocycles. The molecule has 0 bridgehead atoms. The van der Waals surface area contributed by atoms with E-state index in [1.54, 1.807) is 30.3 Å². The third kappa shape index (κ3) is 5.38. The SMILES string of the molecule is CCCOc1ccc(/C=C(\C#N)C(=O)Nc2ccccc2)cc1OCC. The van der Waals surface area contributed by atoms with Gasteiger partial charge in [-0.1, -0.05) is 31.2 Å². The fraction of sp³-hybridized carbons (Fsp3) is 0.238. The summed E-state index contributed by atoms with van der Waals surface area (Å²) in [5.41, 5.74) is 1.34. The van der Waals surface area contributed by atoms with Gasteiger partial charge in [-0.25, -0.2) is 0 Å². The molecule has 1 amide bonds. The molecule has 0 spiro atoms. The van der Waals surface area contributed by atoms with E-state index >= 15 is 0 Å². The molecule has 2 rings (SSSR count). The highest BCUT2D eigenvalue weighted by molar-refractivity contribution is 6.09. The van der Waals surface area contributed by atoms with Crippen molar-refractivity contribution in [2.75, 3.05) is 18.5 Å². The number of hydrogen-bond acceptors (Lipinski definition) is 4. The second kappa shape index (κ2) is 9.90. The molecule has 2 aromatic carbocycles. The van der Waals surface area contributed by atoms with E-state index in [2.05, 4.69) is 5.32 Å². The first-order valence-electron chi connectivity index (χ1n) is 8.55. The summed E-state index contributed by atoms with van der Waals surface area (Å²) in [7, 11) is 0. The first-order valence-corrected chi connectivity index (χ1v) is 8.55. The maximum Gasteiger partial charge on any atom is 0.266 e. The molecule has 0 aliphatic rings. The van der Waals surface area contributed by atoms with Crippen molar-refractivity contribution >= 4 is 17.7 Å². The smallest absolute Gasteiger partial charge is 0.266 e. The zero-order valence-electron chi connectivity index (χ0n) is 15.0. The van der Waals surface area contributed by atoms with Gasteiger partial charge >= 0.3 is 0 Å². The Kier molecular flexibility index (Phi) is 7.26. The number of nitrogens with zero attached hydrogens (tertiary/aromatic N) is 1. The molecule has 2 aromatic rings. The number of carbonyl (C=O) groups excluding carboxylic acids is 1. The lowest BCUT2D eigenvalue weighted by Crippen LogP contribution is -2.13. The van der Waals surface area contributed by atoms with Gasteiger partial charge in [0.15, 0.2) is 11.5 Å². The third-order valence-corrected chi connectivity index (χ3v) is 3.44. The van der Waals surface area contributed by atoms with E-state index in [1.165, 1.54) is 6.08 Å². The average Bonchev–Trinajstić information content (AvgIpc) is 2.66. The maximum absolute atomic E-state index is 12.3. The Morgan fingerprint density at radius 3 is 2.54 bits per heavy atom. The van der Waals surface area contributed by atoms with Crippen LogP contribution in [0.15, 0.2) is 54.1 Å². The molecule has 5 heteroatoms. The van der Waals surface area contributed by atoms with Crippen LogP contribution in [0.25, 0.3) is 6.08 Å². The van der Waals surface area contributed by atoms with Crippen LogP contribution in [0.3, 0.4) is 0 Å². The number of hydrogen-bond donors (Lipinski definition) is 1. The van der Waals surface area contributed by atoms with Gasteiger partial charge in [0.1, 0.15) is 11.6 Å². The van der Waals surface area contributed by atoms with Crippen molar-refractivity contribution in [2.45, 2.75) is 20.3 Å². The minimum Gasteiger partial charge on any atom is -0.490 e. The van der Waals surface area contributed by atoms with Crippen LogP contribution in [0.5, 0.6) is 11.5 Å². The van der Waals surface area contributed by atoms with Crippen LogP contribution in [0.2, 0.25) is 0 Å². The topological polar surface area (TPSA) is 71.3 Å². The number of benzene rings is 2. The molecule has 134 valence electrons. The van der Waals surface area contributed by atoms with E-state index in [0.717, 1.165) is 6.42 Å². The highest BCUT2D eigenvalue weighted by atomic mass is 16.5. The highest BCUT2D eigenvalue weighted by Crippen LogP contribution is 2.29. The van der Waals surface area contributed by atoms with Gasteiger partial charge in [-0.05, 0) is 49.2 Å². The zero-order valence-corrected chi connectivity index (χ0v) is 15.0. The summed E-state index contributed by atoms with van der Waals surface area (Å²) in [6.07, 6.45) is 2.43. The number of carbonyl (C=O) groups is 1. The molecule has 0 radical (unpaired) electrons. The average molecular weight is 350 g/mol. The van der Waals surface area contributed by atoms with Gasteiger partial charge in [0.05, 0.1) is 13.2 Å². The minimum atomic E-state index is -0.456. The van der Waals surface area contributed by atoms with E-state index in [-0.39, 0.29) is 5.57 Å². The molecule has 0 aromatic heterocycles. The second-order valence-electron chi connectivity index (χ2n) is 5.48. The van der Waals surface area contributed by atoms with Crippen molar-refractivity contribution in [3.8, 4) is 17.6 Å². The van der Waals surface area contributed by atoms with Crippen molar-refractivity contribution in [2.24, 2.45) is 0 Å². The van der Waals surface area contributed by atoms with Crippen LogP contribution in [-0.2, 0) is 4.79 Å². The van der Waals surface area contributed by atoms with E-state index in [9.17, 15) is 10.1 Å². The normalized spacial score (nSPS) is 10.7. The molecule has 0 aliphatic heterocycles. The van der Waals surface area contributed by atoms with Crippen molar-refractivity contribution in [3.05, 3.63) is 59.7 Å². The van der Waals surface area contributed by atoms with E-state index in [4.69, 9.17) is 9.47 Å². The van der Waals surface area contributed by atoms with Crippen LogP contribution in [0, 0.1) is 11.3 Å². The van der Waals surface area contributed by atoms with Crippen LogP contribution < -0.4 is 14.8 Å². The van der Waals surface area contributed by atoms with Gasteiger partial charge in [-0.3, -0.25) is 4.79 Å². The van der Waals surface area contributed by atoms with Crippen LogP contribution in [-0.4, -0.2) is 19.1 Å². The van der Waals surface area contributed by atoms with Gasteiger partial charge < -0.3 is 14.8 Å². The Bertz CT molecular complexity index is 808. The molecule has 1 N–H and O–H groups in total. The van der Waals surface area contributed by atoms with Gasteiger partial charge in [-0.15, -0.1) is 0 Å². The maximum atomic E-state index is 12.3. The molecule has 0 atom stereocenters. The van der Waals surface area contributed by atoms with E-state index < -0.39 is 5.91 Å². The molecule has 5 nitrogen and oxygen atoms in total. The fourth-order valence-corrected chi connectivity index (χ4v) is 2.25. The number of anilines is 1. The molecular formula is C21H22N2O3. The van der Waals surface area contributed by atoms with Crippen LogP contribution >= 0.6 is 0 Å². The summed E-state index contributed by atoms with van der Waals surface area (Å²) in [6.45, 7) is 5.01. The Balaban J connectivity index is 2.23. The number of nitrogens with one attached hydrogen (secondary N) is 1. The van der Waals surface area contributed by atoms with Crippen molar-refractivity contribution < 1.29 is 14.3 Å². The molecule has 0 aliphatic carbocycles. The predicted molar refractivity (Wildman–Crippen MR) is 102 cm³/mol. The molecule has 0 saturated carbocycles. The summed E-state index contributed by atoms with van der Waals surface area (Å²) in [6, 6.07) is 16.3. The second-order valence-corrected chi connectivity index (χ2v) is 5.48. The molecular weight excluding hydrogens is 328 g/mol. The van der Waals surface area contributed by atoms with Crippen molar-refractivity contribution in [3.63, 3.8) is 0 Å². The van der Waals surface area contributed by atoms with Crippen LogP contribution in [0.1, 0.15) is 25.8 Å². The summed E-state index contributed by atoms with van der Waals surface area (Å²) in [5.74, 6) is 0.788. The lowest BCUT2D eigenvalue weighted by Gasteiger charge is -2.12. The first kappa shape index (κ1) is 19.1. The monoisotopic (exact) mass is 350 g/mol. The molecule has 26 heavy (non-hydrogen) atoms. The van der Waals surface area contributed by atoms with Gasteiger partial charge in [0, 0.05) is 5.69 Å². The number of rotatable bonds is 8. The van der Waals surface area contributed by atoms with Gasteiger partial charge in [0.25, 0.3) is 5.91 Å². The summed E-state index contributed by atoms with van der Waals surface area (Å²) in [5, 5.41) is 12.1. The summed E-state index contributed by atoms with van der Waals surface area (Å²) in [4.78, 5) is 12.3. The minimum absolute atomic E-state index is 0.0125. The summed E-state index contributed by atoms with van der Waals surface area (Å²) >= 11 is 0. The number of para-hydroxylation sites is 1. The first-order chi connectivity index (χ1) is 12.7. The predicted octanol–water partition coefficient (Wildman–Crippen LogP) is 4.42. The van der Waals surface area contributed by atoms with E-state index in [0.29, 0.717) is 36.0 Å². The molecule has 0 heterocycles. The fourth-order valence-electron chi connectivity index (χ4n) is 2.25. The standard InChI is InChI=1S/C21H22N2O3/c1-3-12-26-19-11-10-16(14-20(19)25-4-2)13-17(15-22)21(24)23-18-8-6-5-7-9-18/h5-11,13-14H,3-4,12H2,1-2H3,(H,23,24)/b17-13+. The molecule has 0 fully saturated rings. The Morgan fingerprint density at radius 2 is 1.88 bits per heavy atom. The Labute approximate surface area is 153 Å². The van der Waals surface area contributed by atoms with Crippen molar-refractivity contribution in [1.82, 2.24) is 0 Å². The largest absolute Gasteiger partial charge is 0.490 e. The number of ether oxygens (including phenoxy) is 2.